The normalized spacial score (nSPS) is 10.0. The summed E-state index contributed by atoms with van der Waals surface area (Å²) >= 11 is 0. The van der Waals surface area contributed by atoms with E-state index in [1.54, 1.807) is 12.1 Å². The molecule has 0 amide bonds. The third-order valence-corrected chi connectivity index (χ3v) is 2.16. The van der Waals surface area contributed by atoms with Gasteiger partial charge in [0, 0.05) is 5.56 Å². The maximum absolute atomic E-state index is 11.0. The number of hydrogen-bond donors (Lipinski definition) is 1. The Balaban J connectivity index is 3.15. The summed E-state index contributed by atoms with van der Waals surface area (Å²) in [5.74, 6) is -0.195. The van der Waals surface area contributed by atoms with E-state index >= 15 is 0 Å². The Hall–Kier alpha value is -1.51. The first-order valence-corrected chi connectivity index (χ1v) is 5.18. The van der Waals surface area contributed by atoms with Gasteiger partial charge < -0.3 is 9.84 Å². The van der Waals surface area contributed by atoms with Crippen molar-refractivity contribution < 1.29 is 14.6 Å². The van der Waals surface area contributed by atoms with Crippen LogP contribution in [-0.4, -0.2) is 17.7 Å². The highest BCUT2D eigenvalue weighted by atomic mass is 16.5. The van der Waals surface area contributed by atoms with Crippen molar-refractivity contribution >= 4 is 5.97 Å². The molecule has 0 heterocycles. The molecule has 0 bridgehead atoms. The Morgan fingerprint density at radius 2 is 2.13 bits per heavy atom. The highest BCUT2D eigenvalue weighted by molar-refractivity contribution is 5.90. The monoisotopic (exact) mass is 208 g/mol. The lowest BCUT2D eigenvalue weighted by Gasteiger charge is -2.11. The van der Waals surface area contributed by atoms with Crippen LogP contribution in [0.15, 0.2) is 18.2 Å². The largest absolute Gasteiger partial charge is 0.494 e. The Labute approximate surface area is 89.7 Å². The third-order valence-electron chi connectivity index (χ3n) is 2.16. The fourth-order valence-electron chi connectivity index (χ4n) is 1.56. The van der Waals surface area contributed by atoms with Crippen LogP contribution in [-0.2, 0) is 6.42 Å². The SMILES string of the molecule is CCCc1c(OCC)cccc1C(=O)O. The van der Waals surface area contributed by atoms with Crippen LogP contribution in [0.25, 0.3) is 0 Å². The number of aromatic carboxylic acids is 1. The molecule has 82 valence electrons. The number of carboxylic acid groups (broad SMARTS) is 1. The van der Waals surface area contributed by atoms with E-state index in [4.69, 9.17) is 9.84 Å². The van der Waals surface area contributed by atoms with Gasteiger partial charge in [-0.2, -0.15) is 0 Å². The second kappa shape index (κ2) is 5.39. The highest BCUT2D eigenvalue weighted by Gasteiger charge is 2.13. The van der Waals surface area contributed by atoms with Crippen molar-refractivity contribution in [1.82, 2.24) is 0 Å². The molecule has 0 saturated carbocycles. The molecule has 1 aromatic carbocycles. The van der Waals surface area contributed by atoms with Crippen LogP contribution in [0.5, 0.6) is 5.75 Å². The van der Waals surface area contributed by atoms with Crippen molar-refractivity contribution in [3.8, 4) is 5.75 Å². The summed E-state index contributed by atoms with van der Waals surface area (Å²) in [7, 11) is 0. The molecule has 1 rings (SSSR count). The molecule has 0 saturated heterocycles. The van der Waals surface area contributed by atoms with Gasteiger partial charge in [-0.05, 0) is 25.5 Å². The van der Waals surface area contributed by atoms with Gasteiger partial charge in [-0.3, -0.25) is 0 Å². The number of hydrogen-bond acceptors (Lipinski definition) is 2. The van der Waals surface area contributed by atoms with E-state index < -0.39 is 5.97 Å². The van der Waals surface area contributed by atoms with Gasteiger partial charge in [0.25, 0.3) is 0 Å². The second-order valence-electron chi connectivity index (χ2n) is 3.27. The molecule has 0 aliphatic heterocycles. The van der Waals surface area contributed by atoms with Crippen LogP contribution in [0.3, 0.4) is 0 Å². The van der Waals surface area contributed by atoms with E-state index in [0.29, 0.717) is 17.9 Å². The predicted octanol–water partition coefficient (Wildman–Crippen LogP) is 2.74. The molecule has 0 aliphatic rings. The van der Waals surface area contributed by atoms with E-state index in [-0.39, 0.29) is 0 Å². The van der Waals surface area contributed by atoms with Crippen molar-refractivity contribution in [2.75, 3.05) is 6.61 Å². The minimum Gasteiger partial charge on any atom is -0.494 e. The zero-order chi connectivity index (χ0) is 11.3. The Morgan fingerprint density at radius 3 is 2.67 bits per heavy atom. The number of rotatable bonds is 5. The summed E-state index contributed by atoms with van der Waals surface area (Å²) < 4.78 is 5.42. The van der Waals surface area contributed by atoms with Gasteiger partial charge in [0.2, 0.25) is 0 Å². The van der Waals surface area contributed by atoms with Gasteiger partial charge in [-0.25, -0.2) is 4.79 Å². The zero-order valence-corrected chi connectivity index (χ0v) is 9.12. The van der Waals surface area contributed by atoms with Crippen LogP contribution in [0, 0.1) is 0 Å². The first-order valence-electron chi connectivity index (χ1n) is 5.18. The van der Waals surface area contributed by atoms with Gasteiger partial charge in [0.15, 0.2) is 0 Å². The summed E-state index contributed by atoms with van der Waals surface area (Å²) in [6.07, 6.45) is 1.64. The number of benzene rings is 1. The molecule has 0 aliphatic carbocycles. The summed E-state index contributed by atoms with van der Waals surface area (Å²) in [4.78, 5) is 11.0. The average Bonchev–Trinajstić information content (AvgIpc) is 2.21. The average molecular weight is 208 g/mol. The van der Waals surface area contributed by atoms with Crippen LogP contribution in [0.4, 0.5) is 0 Å². The van der Waals surface area contributed by atoms with Crippen molar-refractivity contribution in [3.63, 3.8) is 0 Å². The lowest BCUT2D eigenvalue weighted by molar-refractivity contribution is 0.0695. The van der Waals surface area contributed by atoms with E-state index in [9.17, 15) is 4.79 Å². The van der Waals surface area contributed by atoms with Gasteiger partial charge in [-0.15, -0.1) is 0 Å². The van der Waals surface area contributed by atoms with E-state index in [2.05, 4.69) is 0 Å². The summed E-state index contributed by atoms with van der Waals surface area (Å²) in [6, 6.07) is 5.16. The lowest BCUT2D eigenvalue weighted by atomic mass is 10.0. The molecular weight excluding hydrogens is 192 g/mol. The molecule has 0 unspecified atom stereocenters. The van der Waals surface area contributed by atoms with Gasteiger partial charge in [0.05, 0.1) is 12.2 Å². The lowest BCUT2D eigenvalue weighted by Crippen LogP contribution is -2.05. The maximum Gasteiger partial charge on any atom is 0.336 e. The molecular formula is C12H16O3. The first-order chi connectivity index (χ1) is 7.20. The van der Waals surface area contributed by atoms with Gasteiger partial charge in [-0.1, -0.05) is 19.4 Å². The first kappa shape index (κ1) is 11.6. The number of carbonyl (C=O) groups is 1. The molecule has 0 atom stereocenters. The van der Waals surface area contributed by atoms with Gasteiger partial charge in [0.1, 0.15) is 5.75 Å². The third kappa shape index (κ3) is 2.72. The second-order valence-corrected chi connectivity index (χ2v) is 3.27. The minimum atomic E-state index is -0.889. The van der Waals surface area contributed by atoms with E-state index in [1.807, 2.05) is 19.9 Å². The Morgan fingerprint density at radius 1 is 1.40 bits per heavy atom. The molecule has 15 heavy (non-hydrogen) atoms. The quantitative estimate of drug-likeness (QED) is 0.809. The summed E-state index contributed by atoms with van der Waals surface area (Å²) in [5, 5.41) is 9.03. The smallest absolute Gasteiger partial charge is 0.336 e. The number of carboxylic acids is 1. The fourth-order valence-corrected chi connectivity index (χ4v) is 1.56. The predicted molar refractivity (Wildman–Crippen MR) is 58.6 cm³/mol. The van der Waals surface area contributed by atoms with Crippen LogP contribution in [0.2, 0.25) is 0 Å². The standard InChI is InChI=1S/C12H16O3/c1-3-6-9-10(12(13)14)7-5-8-11(9)15-4-2/h5,7-8H,3-4,6H2,1-2H3,(H,13,14). The van der Waals surface area contributed by atoms with Crippen molar-refractivity contribution in [2.24, 2.45) is 0 Å². The van der Waals surface area contributed by atoms with E-state index in [0.717, 1.165) is 18.4 Å². The molecule has 0 radical (unpaired) electrons. The molecule has 0 aromatic heterocycles. The summed E-state index contributed by atoms with van der Waals surface area (Å²) in [6.45, 7) is 4.47. The van der Waals surface area contributed by atoms with E-state index in [1.165, 1.54) is 0 Å². The Bertz CT molecular complexity index is 345. The topological polar surface area (TPSA) is 46.5 Å². The van der Waals surface area contributed by atoms with Crippen LogP contribution < -0.4 is 4.74 Å². The van der Waals surface area contributed by atoms with Crippen molar-refractivity contribution in [3.05, 3.63) is 29.3 Å². The number of ether oxygens (including phenoxy) is 1. The minimum absolute atomic E-state index is 0.350. The zero-order valence-electron chi connectivity index (χ0n) is 9.12. The molecule has 0 spiro atoms. The maximum atomic E-state index is 11.0. The van der Waals surface area contributed by atoms with Crippen LogP contribution >= 0.6 is 0 Å². The van der Waals surface area contributed by atoms with Crippen molar-refractivity contribution in [2.45, 2.75) is 26.7 Å². The fraction of sp³-hybridized carbons (Fsp3) is 0.417. The van der Waals surface area contributed by atoms with Crippen molar-refractivity contribution in [1.29, 1.82) is 0 Å². The molecule has 3 nitrogen and oxygen atoms in total. The van der Waals surface area contributed by atoms with Gasteiger partial charge >= 0.3 is 5.97 Å². The summed E-state index contributed by atoms with van der Waals surface area (Å²) in [5.41, 5.74) is 1.15. The molecule has 1 N–H and O–H groups in total. The molecule has 3 heteroatoms. The Kier molecular flexibility index (Phi) is 4.16. The highest BCUT2D eigenvalue weighted by Crippen LogP contribution is 2.24. The molecule has 0 fully saturated rings. The molecule has 1 aromatic rings. The van der Waals surface area contributed by atoms with Crippen LogP contribution in [0.1, 0.15) is 36.2 Å².